The molecule has 0 heterocycles. The van der Waals surface area contributed by atoms with Gasteiger partial charge in [-0.1, -0.05) is 19.9 Å². The van der Waals surface area contributed by atoms with E-state index in [1.807, 2.05) is 0 Å². The van der Waals surface area contributed by atoms with Crippen LogP contribution in [0.5, 0.6) is 5.75 Å². The van der Waals surface area contributed by atoms with E-state index >= 15 is 0 Å². The molecule has 0 aromatic heterocycles. The predicted octanol–water partition coefficient (Wildman–Crippen LogP) is 2.81. The topological polar surface area (TPSA) is 159 Å². The second kappa shape index (κ2) is 9.80. The number of rotatable bonds is 8. The number of nitrogens with one attached hydrogen (secondary N) is 2. The first kappa shape index (κ1) is 23.5. The fraction of sp³-hybridized carbons (Fsp3) is 0.222. The lowest BCUT2D eigenvalue weighted by Gasteiger charge is -2.15. The van der Waals surface area contributed by atoms with E-state index in [1.54, 1.807) is 13.8 Å². The average Bonchev–Trinajstić information content (AvgIpc) is 2.67. The van der Waals surface area contributed by atoms with Gasteiger partial charge in [0.1, 0.15) is 4.90 Å². The van der Waals surface area contributed by atoms with Crippen molar-refractivity contribution in [1.29, 1.82) is 0 Å². The van der Waals surface area contributed by atoms with E-state index in [2.05, 4.69) is 10.6 Å². The number of carbonyl (C=O) groups is 2. The van der Waals surface area contributed by atoms with Gasteiger partial charge in [0.15, 0.2) is 5.75 Å². The van der Waals surface area contributed by atoms with Crippen LogP contribution in [0.3, 0.4) is 0 Å². The Morgan fingerprint density at radius 1 is 0.967 bits per heavy atom. The fourth-order valence-corrected chi connectivity index (χ4v) is 3.53. The first-order chi connectivity index (χ1) is 14.0. The van der Waals surface area contributed by atoms with E-state index in [0.717, 1.165) is 6.07 Å². The number of hydrogen-bond acceptors (Lipinski definition) is 6. The van der Waals surface area contributed by atoms with Crippen LogP contribution in [0, 0.1) is 0 Å². The molecule has 0 bridgehead atoms. The van der Waals surface area contributed by atoms with Gasteiger partial charge in [-0.25, -0.2) is 0 Å². The molecule has 0 saturated heterocycles. The Bertz CT molecular complexity index is 1100. The van der Waals surface area contributed by atoms with Crippen molar-refractivity contribution in [2.45, 2.75) is 31.6 Å². The average molecular weight is 456 g/mol. The Kier molecular flexibility index (Phi) is 7.67. The standard InChI is InChI=1S/C18H20N2O8S2/c1-3-17(21)19-11-5-7-13(15(9-11)28-29(23)24)14-8-6-12(20-18(22)4-2)10-16(14)30(25,26)27/h5-10H,3-4H2,1-2H3,(H,19,21)(H,20,22)(H,23,24)(H,25,26,27). The summed E-state index contributed by atoms with van der Waals surface area (Å²) in [5.74, 6) is -0.881. The van der Waals surface area contributed by atoms with Crippen molar-refractivity contribution in [3.63, 3.8) is 0 Å². The number of hydrogen-bond donors (Lipinski definition) is 4. The third-order valence-electron chi connectivity index (χ3n) is 3.90. The SMILES string of the molecule is CCC(=O)Nc1ccc(-c2ccc(NC(=O)CC)cc2S(=O)(=O)O)c(OS(=O)O)c1. The molecule has 0 fully saturated rings. The van der Waals surface area contributed by atoms with E-state index in [9.17, 15) is 26.8 Å². The molecule has 0 aliphatic rings. The van der Waals surface area contributed by atoms with E-state index in [4.69, 9.17) is 8.74 Å². The van der Waals surface area contributed by atoms with Crippen molar-refractivity contribution in [1.82, 2.24) is 0 Å². The molecule has 30 heavy (non-hydrogen) atoms. The molecule has 10 nitrogen and oxygen atoms in total. The van der Waals surface area contributed by atoms with Crippen LogP contribution in [0.15, 0.2) is 41.3 Å². The monoisotopic (exact) mass is 456 g/mol. The summed E-state index contributed by atoms with van der Waals surface area (Å²) in [4.78, 5) is 22.6. The third-order valence-corrected chi connectivity index (χ3v) is 5.12. The molecule has 0 aliphatic carbocycles. The number of carbonyl (C=O) groups excluding carboxylic acids is 2. The van der Waals surface area contributed by atoms with Crippen LogP contribution in [-0.4, -0.2) is 33.5 Å². The Hall–Kier alpha value is -2.80. The molecular weight excluding hydrogens is 436 g/mol. The second-order valence-electron chi connectivity index (χ2n) is 6.00. The van der Waals surface area contributed by atoms with Crippen molar-refractivity contribution in [2.75, 3.05) is 10.6 Å². The Balaban J connectivity index is 2.64. The van der Waals surface area contributed by atoms with E-state index in [0.29, 0.717) is 0 Å². The number of amides is 2. The minimum absolute atomic E-state index is 0.0409. The van der Waals surface area contributed by atoms with Gasteiger partial charge in [-0.3, -0.25) is 18.7 Å². The van der Waals surface area contributed by atoms with Crippen molar-refractivity contribution in [2.24, 2.45) is 0 Å². The summed E-state index contributed by atoms with van der Waals surface area (Å²) in [5, 5.41) is 5.04. The van der Waals surface area contributed by atoms with Crippen LogP contribution in [0.25, 0.3) is 11.1 Å². The molecule has 4 N–H and O–H groups in total. The molecule has 1 unspecified atom stereocenters. The minimum Gasteiger partial charge on any atom is -0.379 e. The smallest absolute Gasteiger partial charge is 0.357 e. The summed E-state index contributed by atoms with van der Waals surface area (Å²) in [6, 6.07) is 7.83. The van der Waals surface area contributed by atoms with E-state index in [-0.39, 0.29) is 52.9 Å². The maximum Gasteiger partial charge on any atom is 0.357 e. The second-order valence-corrected chi connectivity index (χ2v) is 7.99. The van der Waals surface area contributed by atoms with Gasteiger partial charge in [0, 0.05) is 41.4 Å². The Morgan fingerprint density at radius 3 is 1.93 bits per heavy atom. The summed E-state index contributed by atoms with van der Waals surface area (Å²) in [7, 11) is -4.74. The van der Waals surface area contributed by atoms with Crippen LogP contribution < -0.4 is 14.8 Å². The number of benzene rings is 2. The fourth-order valence-electron chi connectivity index (χ4n) is 2.50. The summed E-state index contributed by atoms with van der Waals surface area (Å²) in [6.45, 7) is 3.26. The molecule has 2 aromatic carbocycles. The highest BCUT2D eigenvalue weighted by atomic mass is 32.2. The minimum atomic E-state index is -4.74. The molecule has 0 radical (unpaired) electrons. The van der Waals surface area contributed by atoms with Crippen molar-refractivity contribution in [3.8, 4) is 16.9 Å². The third kappa shape index (κ3) is 6.10. The lowest BCUT2D eigenvalue weighted by molar-refractivity contribution is -0.116. The van der Waals surface area contributed by atoms with Gasteiger partial charge in [0.25, 0.3) is 10.1 Å². The largest absolute Gasteiger partial charge is 0.379 e. The molecule has 162 valence electrons. The van der Waals surface area contributed by atoms with E-state index < -0.39 is 26.4 Å². The van der Waals surface area contributed by atoms with Crippen LogP contribution in [0.2, 0.25) is 0 Å². The zero-order chi connectivity index (χ0) is 22.5. The molecule has 0 saturated carbocycles. The van der Waals surface area contributed by atoms with Crippen LogP contribution in [0.4, 0.5) is 11.4 Å². The first-order valence-electron chi connectivity index (χ1n) is 8.70. The van der Waals surface area contributed by atoms with Gasteiger partial charge in [0.2, 0.25) is 11.8 Å². The zero-order valence-electron chi connectivity index (χ0n) is 16.0. The summed E-state index contributed by atoms with van der Waals surface area (Å²) >= 11 is -2.75. The van der Waals surface area contributed by atoms with Gasteiger partial charge in [-0.15, -0.1) is 0 Å². The lowest BCUT2D eigenvalue weighted by Crippen LogP contribution is -2.11. The summed E-state index contributed by atoms with van der Waals surface area (Å²) in [6.07, 6.45) is 0.357. The summed E-state index contributed by atoms with van der Waals surface area (Å²) < 4.78 is 58.8. The van der Waals surface area contributed by atoms with Gasteiger partial charge in [0.05, 0.1) is 0 Å². The van der Waals surface area contributed by atoms with Crippen molar-refractivity contribution < 1.29 is 35.5 Å². The Labute approximate surface area is 175 Å². The molecule has 0 spiro atoms. The molecule has 2 rings (SSSR count). The van der Waals surface area contributed by atoms with Crippen molar-refractivity contribution >= 4 is 44.7 Å². The maximum absolute atomic E-state index is 12.0. The van der Waals surface area contributed by atoms with Gasteiger partial charge < -0.3 is 14.8 Å². The molecular formula is C18H20N2O8S2. The van der Waals surface area contributed by atoms with Crippen LogP contribution in [-0.2, 0) is 31.1 Å². The Morgan fingerprint density at radius 2 is 1.47 bits per heavy atom. The molecule has 2 amide bonds. The van der Waals surface area contributed by atoms with Crippen LogP contribution in [0.1, 0.15) is 26.7 Å². The van der Waals surface area contributed by atoms with Gasteiger partial charge >= 0.3 is 11.4 Å². The molecule has 1 atom stereocenters. The van der Waals surface area contributed by atoms with Crippen molar-refractivity contribution in [3.05, 3.63) is 36.4 Å². The normalized spacial score (nSPS) is 12.1. The van der Waals surface area contributed by atoms with Gasteiger partial charge in [-0.05, 0) is 24.3 Å². The van der Waals surface area contributed by atoms with E-state index in [1.165, 1.54) is 30.3 Å². The lowest BCUT2D eigenvalue weighted by atomic mass is 10.0. The molecule has 12 heteroatoms. The maximum atomic E-state index is 12.0. The quantitative estimate of drug-likeness (QED) is 0.348. The van der Waals surface area contributed by atoms with Crippen LogP contribution >= 0.6 is 0 Å². The first-order valence-corrected chi connectivity index (χ1v) is 11.2. The highest BCUT2D eigenvalue weighted by molar-refractivity contribution is 7.86. The predicted molar refractivity (Wildman–Crippen MR) is 111 cm³/mol. The summed E-state index contributed by atoms with van der Waals surface area (Å²) in [5.41, 5.74) is 0.415. The highest BCUT2D eigenvalue weighted by Crippen LogP contribution is 2.38. The zero-order valence-corrected chi connectivity index (χ0v) is 17.7. The molecule has 2 aromatic rings. The highest BCUT2D eigenvalue weighted by Gasteiger charge is 2.22. The molecule has 0 aliphatic heterocycles. The van der Waals surface area contributed by atoms with Gasteiger partial charge in [-0.2, -0.15) is 12.6 Å². The number of anilines is 2.